The number of aryl methyl sites for hydroxylation is 2. The van der Waals surface area contributed by atoms with Gasteiger partial charge in [-0.3, -0.25) is 9.59 Å². The van der Waals surface area contributed by atoms with Crippen molar-refractivity contribution in [3.63, 3.8) is 0 Å². The maximum Gasteiger partial charge on any atom is 0.311 e. The zero-order valence-electron chi connectivity index (χ0n) is 18.1. The fourth-order valence-corrected chi connectivity index (χ4v) is 4.24. The molecule has 3 heterocycles. The Balaban J connectivity index is 1.43. The lowest BCUT2D eigenvalue weighted by Crippen LogP contribution is -2.42. The highest BCUT2D eigenvalue weighted by Gasteiger charge is 2.27. The Morgan fingerprint density at radius 1 is 1.19 bits per heavy atom. The second-order valence-corrected chi connectivity index (χ2v) is 8.43. The van der Waals surface area contributed by atoms with Gasteiger partial charge >= 0.3 is 5.97 Å². The molecular weight excluding hydrogens is 414 g/mol. The normalized spacial score (nSPS) is 14.4. The summed E-state index contributed by atoms with van der Waals surface area (Å²) in [5, 5.41) is 5.02. The van der Waals surface area contributed by atoms with Gasteiger partial charge in [0, 0.05) is 30.0 Å². The Kier molecular flexibility index (Phi) is 5.95. The van der Waals surface area contributed by atoms with Gasteiger partial charge < -0.3 is 9.64 Å². The number of hydrogen-bond acceptors (Lipinski definition) is 7. The number of nitrogens with zero attached hydrogens (tertiary/aromatic N) is 5. The first-order valence-corrected chi connectivity index (χ1v) is 11.4. The van der Waals surface area contributed by atoms with Crippen LogP contribution in [0.4, 0.5) is 0 Å². The first-order chi connectivity index (χ1) is 14.9. The smallest absolute Gasteiger partial charge is 0.311 e. The fourth-order valence-electron chi connectivity index (χ4n) is 3.91. The van der Waals surface area contributed by atoms with Crippen LogP contribution in [0.1, 0.15) is 35.0 Å². The summed E-state index contributed by atoms with van der Waals surface area (Å²) in [6, 6.07) is 8.11. The second-order valence-electron chi connectivity index (χ2n) is 7.66. The summed E-state index contributed by atoms with van der Waals surface area (Å²) in [5.74, 6) is -0.132. The molecular formula is C22H25N5O3S. The molecule has 0 aliphatic carbocycles. The average molecular weight is 440 g/mol. The molecule has 0 radical (unpaired) electrons. The molecule has 0 N–H and O–H groups in total. The first kappa shape index (κ1) is 21.3. The van der Waals surface area contributed by atoms with E-state index in [0.29, 0.717) is 29.7 Å². The van der Waals surface area contributed by atoms with Crippen molar-refractivity contribution in [1.29, 1.82) is 0 Å². The molecule has 0 saturated carbocycles. The molecule has 2 aromatic heterocycles. The van der Waals surface area contributed by atoms with Crippen LogP contribution in [-0.2, 0) is 33.7 Å². The minimum Gasteiger partial charge on any atom is -0.452 e. The predicted octanol–water partition coefficient (Wildman–Crippen LogP) is 2.52. The van der Waals surface area contributed by atoms with Crippen molar-refractivity contribution >= 4 is 29.4 Å². The summed E-state index contributed by atoms with van der Waals surface area (Å²) in [5.41, 5.74) is 4.64. The highest BCUT2D eigenvalue weighted by atomic mass is 32.2. The molecule has 1 aliphatic rings. The minimum atomic E-state index is -0.843. The number of fused-ring (bicyclic) bond motifs is 2. The maximum absolute atomic E-state index is 12.9. The molecule has 1 aliphatic heterocycles. The molecule has 0 saturated heterocycles. The highest BCUT2D eigenvalue weighted by Crippen LogP contribution is 2.20. The zero-order chi connectivity index (χ0) is 22.1. The maximum atomic E-state index is 12.9. The molecule has 9 heteroatoms. The summed E-state index contributed by atoms with van der Waals surface area (Å²) in [6.45, 7) is 6.51. The topological polar surface area (TPSA) is 89.7 Å². The van der Waals surface area contributed by atoms with Crippen LogP contribution >= 0.6 is 11.8 Å². The summed E-state index contributed by atoms with van der Waals surface area (Å²) in [6.07, 6.45) is 1.89. The van der Waals surface area contributed by atoms with Gasteiger partial charge in [0.05, 0.1) is 6.42 Å². The van der Waals surface area contributed by atoms with Crippen LogP contribution in [0.25, 0.3) is 5.78 Å². The predicted molar refractivity (Wildman–Crippen MR) is 117 cm³/mol. The van der Waals surface area contributed by atoms with Gasteiger partial charge in [0.2, 0.25) is 5.16 Å². The van der Waals surface area contributed by atoms with Crippen molar-refractivity contribution < 1.29 is 14.3 Å². The molecule has 0 bridgehead atoms. The Morgan fingerprint density at radius 3 is 2.68 bits per heavy atom. The first-order valence-electron chi connectivity index (χ1n) is 10.2. The quantitative estimate of drug-likeness (QED) is 0.446. The zero-order valence-corrected chi connectivity index (χ0v) is 18.9. The summed E-state index contributed by atoms with van der Waals surface area (Å²) >= 11 is 1.43. The van der Waals surface area contributed by atoms with E-state index in [2.05, 4.69) is 21.1 Å². The molecule has 1 atom stereocenters. The van der Waals surface area contributed by atoms with E-state index in [1.807, 2.05) is 38.3 Å². The number of hydrogen-bond donors (Lipinski definition) is 0. The van der Waals surface area contributed by atoms with E-state index in [1.54, 1.807) is 16.3 Å². The molecule has 0 spiro atoms. The van der Waals surface area contributed by atoms with E-state index >= 15 is 0 Å². The van der Waals surface area contributed by atoms with Crippen molar-refractivity contribution in [3.05, 3.63) is 52.3 Å². The summed E-state index contributed by atoms with van der Waals surface area (Å²) in [4.78, 5) is 36.1. The Labute approximate surface area is 185 Å². The van der Waals surface area contributed by atoms with Crippen LogP contribution in [0.2, 0.25) is 0 Å². The molecule has 1 amide bonds. The van der Waals surface area contributed by atoms with Crippen molar-refractivity contribution in [2.45, 2.75) is 51.4 Å². The number of aromatic nitrogens is 4. The third-order valence-corrected chi connectivity index (χ3v) is 6.17. The monoisotopic (exact) mass is 439 g/mol. The summed E-state index contributed by atoms with van der Waals surface area (Å²) < 4.78 is 7.14. The molecule has 4 rings (SSSR count). The second kappa shape index (κ2) is 8.66. The third-order valence-electron chi connectivity index (χ3n) is 5.63. The largest absolute Gasteiger partial charge is 0.452 e. The van der Waals surface area contributed by atoms with E-state index in [9.17, 15) is 9.59 Å². The van der Waals surface area contributed by atoms with Crippen molar-refractivity contribution in [3.8, 4) is 0 Å². The van der Waals surface area contributed by atoms with E-state index < -0.39 is 12.1 Å². The van der Waals surface area contributed by atoms with Gasteiger partial charge in [-0.2, -0.15) is 4.98 Å². The van der Waals surface area contributed by atoms with E-state index in [0.717, 1.165) is 23.2 Å². The van der Waals surface area contributed by atoms with Crippen LogP contribution in [0.15, 0.2) is 29.4 Å². The number of ether oxygens (including phenoxy) is 1. The highest BCUT2D eigenvalue weighted by molar-refractivity contribution is 7.98. The van der Waals surface area contributed by atoms with Gasteiger partial charge in [0.25, 0.3) is 11.7 Å². The standard InChI is InChI=1S/C22H25N5O3S/c1-13-18(14(2)27-21(23-13)24-22(25-27)31-4)11-19(28)30-15(3)20(29)26-10-9-16-7-5-6-8-17(16)12-26/h5-8,15H,9-12H2,1-4H3/t15-/m0/s1. The van der Waals surface area contributed by atoms with Crippen LogP contribution in [0, 0.1) is 13.8 Å². The molecule has 162 valence electrons. The van der Waals surface area contributed by atoms with Gasteiger partial charge in [0.1, 0.15) is 0 Å². The molecule has 0 unspecified atom stereocenters. The van der Waals surface area contributed by atoms with Crippen LogP contribution in [-0.4, -0.2) is 55.3 Å². The van der Waals surface area contributed by atoms with Crippen LogP contribution in [0.3, 0.4) is 0 Å². The van der Waals surface area contributed by atoms with Crippen molar-refractivity contribution in [2.24, 2.45) is 0 Å². The van der Waals surface area contributed by atoms with Crippen molar-refractivity contribution in [2.75, 3.05) is 12.8 Å². The SMILES string of the molecule is CSc1nc2nc(C)c(CC(=O)O[C@@H](C)C(=O)N3CCc4ccccc4C3)c(C)n2n1. The fraction of sp³-hybridized carbons (Fsp3) is 0.409. The Morgan fingerprint density at radius 2 is 1.94 bits per heavy atom. The number of carbonyl (C=O) groups excluding carboxylic acids is 2. The van der Waals surface area contributed by atoms with Crippen molar-refractivity contribution in [1.82, 2.24) is 24.5 Å². The van der Waals surface area contributed by atoms with Gasteiger partial charge in [-0.25, -0.2) is 9.50 Å². The number of thioether (sulfide) groups is 1. The molecule has 1 aromatic carbocycles. The number of amides is 1. The molecule has 3 aromatic rings. The van der Waals surface area contributed by atoms with E-state index in [4.69, 9.17) is 4.74 Å². The molecule has 8 nitrogen and oxygen atoms in total. The lowest BCUT2D eigenvalue weighted by atomic mass is 9.99. The van der Waals surface area contributed by atoms with Gasteiger partial charge in [-0.15, -0.1) is 5.10 Å². The lowest BCUT2D eigenvalue weighted by molar-refractivity contribution is -0.159. The average Bonchev–Trinajstić information content (AvgIpc) is 3.19. The third kappa shape index (κ3) is 4.27. The van der Waals surface area contributed by atoms with Crippen LogP contribution in [0.5, 0.6) is 0 Å². The van der Waals surface area contributed by atoms with Gasteiger partial charge in [0.15, 0.2) is 6.10 Å². The molecule has 0 fully saturated rings. The van der Waals surface area contributed by atoms with Gasteiger partial charge in [-0.1, -0.05) is 36.0 Å². The Bertz CT molecular complexity index is 1160. The van der Waals surface area contributed by atoms with E-state index in [-0.39, 0.29) is 12.3 Å². The lowest BCUT2D eigenvalue weighted by Gasteiger charge is -2.30. The number of rotatable bonds is 5. The van der Waals surface area contributed by atoms with Crippen LogP contribution < -0.4 is 0 Å². The Hall–Kier alpha value is -2.94. The molecule has 31 heavy (non-hydrogen) atoms. The number of esters is 1. The minimum absolute atomic E-state index is 0.0233. The summed E-state index contributed by atoms with van der Waals surface area (Å²) in [7, 11) is 0. The van der Waals surface area contributed by atoms with E-state index in [1.165, 1.54) is 17.3 Å². The number of benzene rings is 1. The number of carbonyl (C=O) groups is 2. The van der Waals surface area contributed by atoms with Gasteiger partial charge in [-0.05, 0) is 44.6 Å².